The van der Waals surface area contributed by atoms with E-state index in [4.69, 9.17) is 0 Å². The van der Waals surface area contributed by atoms with Gasteiger partial charge in [-0.15, -0.1) is 0 Å². The van der Waals surface area contributed by atoms with Crippen LogP contribution in [0.15, 0.2) is 30.3 Å². The summed E-state index contributed by atoms with van der Waals surface area (Å²) in [5, 5.41) is 0. The number of likely N-dealkylation sites (N-methyl/N-ethyl adjacent to an activating group) is 1. The van der Waals surface area contributed by atoms with Crippen LogP contribution in [0.4, 0.5) is 0 Å². The second-order valence-corrected chi connectivity index (χ2v) is 8.25. The molecule has 2 heterocycles. The summed E-state index contributed by atoms with van der Waals surface area (Å²) in [4.78, 5) is 31.2. The molecule has 0 bridgehead atoms. The van der Waals surface area contributed by atoms with Crippen molar-refractivity contribution >= 4 is 11.8 Å². The summed E-state index contributed by atoms with van der Waals surface area (Å²) in [6, 6.07) is 10.3. The first-order valence-corrected chi connectivity index (χ1v) is 10.3. The number of benzene rings is 1. The fourth-order valence-corrected chi connectivity index (χ4v) is 4.38. The van der Waals surface area contributed by atoms with Crippen molar-refractivity contribution in [1.82, 2.24) is 14.7 Å². The molecule has 3 rings (SSSR count). The Labute approximate surface area is 163 Å². The van der Waals surface area contributed by atoms with Gasteiger partial charge in [0.15, 0.2) is 0 Å². The smallest absolute Gasteiger partial charge is 0.236 e. The number of piperidine rings is 1. The highest BCUT2D eigenvalue weighted by molar-refractivity contribution is 5.79. The summed E-state index contributed by atoms with van der Waals surface area (Å²) in [6.07, 6.45) is 5.31. The van der Waals surface area contributed by atoms with Gasteiger partial charge in [-0.25, -0.2) is 0 Å². The van der Waals surface area contributed by atoms with Gasteiger partial charge in [-0.3, -0.25) is 14.5 Å². The van der Waals surface area contributed by atoms with Crippen molar-refractivity contribution in [3.05, 3.63) is 35.9 Å². The largest absolute Gasteiger partial charge is 0.348 e. The summed E-state index contributed by atoms with van der Waals surface area (Å²) in [5.74, 6) is 1.12. The zero-order valence-corrected chi connectivity index (χ0v) is 16.8. The molecule has 0 saturated carbocycles. The summed E-state index contributed by atoms with van der Waals surface area (Å²) < 4.78 is 0. The normalized spacial score (nSPS) is 22.5. The summed E-state index contributed by atoms with van der Waals surface area (Å²) in [6.45, 7) is 3.95. The minimum atomic E-state index is 0.155. The average molecular weight is 372 g/mol. The standard InChI is InChI=1S/C22H33N3O2/c1-23(2)21(26)17-24-14-11-19(12-15-24)20-10-6-7-13-25(22(20)27)16-18-8-4-3-5-9-18/h3-5,8-9,19-20H,6-7,10-17H2,1-2H3/t20-/m1/s1. The fourth-order valence-electron chi connectivity index (χ4n) is 4.38. The molecule has 0 unspecified atom stereocenters. The fraction of sp³-hybridized carbons (Fsp3) is 0.636. The van der Waals surface area contributed by atoms with Crippen LogP contribution in [0.25, 0.3) is 0 Å². The maximum Gasteiger partial charge on any atom is 0.236 e. The predicted octanol–water partition coefficient (Wildman–Crippen LogP) is 2.62. The van der Waals surface area contributed by atoms with Crippen molar-refractivity contribution in [2.24, 2.45) is 11.8 Å². The van der Waals surface area contributed by atoms with E-state index in [9.17, 15) is 9.59 Å². The second-order valence-electron chi connectivity index (χ2n) is 8.25. The maximum absolute atomic E-state index is 13.2. The van der Waals surface area contributed by atoms with Gasteiger partial charge in [0.25, 0.3) is 0 Å². The zero-order valence-electron chi connectivity index (χ0n) is 16.8. The molecule has 2 fully saturated rings. The molecule has 0 aromatic heterocycles. The van der Waals surface area contributed by atoms with Crippen molar-refractivity contribution in [3.8, 4) is 0 Å². The van der Waals surface area contributed by atoms with E-state index in [1.54, 1.807) is 19.0 Å². The highest BCUT2D eigenvalue weighted by Crippen LogP contribution is 2.32. The van der Waals surface area contributed by atoms with Gasteiger partial charge in [0.05, 0.1) is 6.54 Å². The molecule has 1 aromatic carbocycles. The van der Waals surface area contributed by atoms with E-state index in [0.717, 1.165) is 58.3 Å². The van der Waals surface area contributed by atoms with Gasteiger partial charge in [0, 0.05) is 33.1 Å². The highest BCUT2D eigenvalue weighted by atomic mass is 16.2. The van der Waals surface area contributed by atoms with Gasteiger partial charge in [-0.2, -0.15) is 0 Å². The molecule has 148 valence electrons. The number of carbonyl (C=O) groups is 2. The number of rotatable bonds is 5. The molecule has 0 radical (unpaired) electrons. The Bertz CT molecular complexity index is 624. The average Bonchev–Trinajstić information content (AvgIpc) is 2.85. The monoisotopic (exact) mass is 371 g/mol. The van der Waals surface area contributed by atoms with Gasteiger partial charge in [-0.1, -0.05) is 36.8 Å². The van der Waals surface area contributed by atoms with Gasteiger partial charge in [0.1, 0.15) is 0 Å². The molecule has 0 spiro atoms. The van der Waals surface area contributed by atoms with Crippen LogP contribution in [0.1, 0.15) is 37.7 Å². The van der Waals surface area contributed by atoms with E-state index >= 15 is 0 Å². The molecule has 0 aliphatic carbocycles. The minimum absolute atomic E-state index is 0.155. The van der Waals surface area contributed by atoms with Gasteiger partial charge in [0.2, 0.25) is 11.8 Å². The van der Waals surface area contributed by atoms with E-state index in [1.165, 1.54) is 5.56 Å². The Morgan fingerprint density at radius 3 is 2.41 bits per heavy atom. The van der Waals surface area contributed by atoms with Gasteiger partial charge in [-0.05, 0) is 50.3 Å². The minimum Gasteiger partial charge on any atom is -0.348 e. The van der Waals surface area contributed by atoms with Crippen molar-refractivity contribution in [2.75, 3.05) is 40.3 Å². The number of nitrogens with zero attached hydrogens (tertiary/aromatic N) is 3. The molecule has 1 aromatic rings. The molecule has 27 heavy (non-hydrogen) atoms. The van der Waals surface area contributed by atoms with E-state index in [1.807, 2.05) is 18.2 Å². The molecular formula is C22H33N3O2. The first-order chi connectivity index (χ1) is 13.0. The molecule has 2 saturated heterocycles. The number of hydrogen-bond acceptors (Lipinski definition) is 3. The van der Waals surface area contributed by atoms with E-state index < -0.39 is 0 Å². The summed E-state index contributed by atoms with van der Waals surface area (Å²) in [7, 11) is 3.61. The van der Waals surface area contributed by atoms with E-state index in [-0.39, 0.29) is 11.8 Å². The SMILES string of the molecule is CN(C)C(=O)CN1CCC([C@H]2CCCCN(Cc3ccccc3)C2=O)CC1. The summed E-state index contributed by atoms with van der Waals surface area (Å²) in [5.41, 5.74) is 1.21. The lowest BCUT2D eigenvalue weighted by molar-refractivity contribution is -0.138. The number of amides is 2. The number of hydrogen-bond donors (Lipinski definition) is 0. The Morgan fingerprint density at radius 2 is 1.74 bits per heavy atom. The zero-order chi connectivity index (χ0) is 19.2. The quantitative estimate of drug-likeness (QED) is 0.799. The highest BCUT2D eigenvalue weighted by Gasteiger charge is 2.35. The Hall–Kier alpha value is -1.88. The number of likely N-dealkylation sites (tertiary alicyclic amines) is 2. The molecule has 0 N–H and O–H groups in total. The van der Waals surface area contributed by atoms with Crippen LogP contribution >= 0.6 is 0 Å². The third-order valence-electron chi connectivity index (χ3n) is 6.10. The molecule has 5 nitrogen and oxygen atoms in total. The van der Waals surface area contributed by atoms with Crippen LogP contribution in [0.3, 0.4) is 0 Å². The number of carbonyl (C=O) groups excluding carboxylic acids is 2. The van der Waals surface area contributed by atoms with Crippen molar-refractivity contribution in [3.63, 3.8) is 0 Å². The molecule has 2 aliphatic rings. The van der Waals surface area contributed by atoms with Gasteiger partial charge < -0.3 is 9.80 Å². The topological polar surface area (TPSA) is 43.9 Å². The first-order valence-electron chi connectivity index (χ1n) is 10.3. The van der Waals surface area contributed by atoms with Crippen LogP contribution in [0.2, 0.25) is 0 Å². The van der Waals surface area contributed by atoms with E-state index in [0.29, 0.717) is 18.4 Å². The van der Waals surface area contributed by atoms with Crippen LogP contribution in [0.5, 0.6) is 0 Å². The Balaban J connectivity index is 1.57. The lowest BCUT2D eigenvalue weighted by atomic mass is 9.81. The van der Waals surface area contributed by atoms with Crippen LogP contribution < -0.4 is 0 Å². The molecule has 5 heteroatoms. The molecule has 2 aliphatic heterocycles. The lowest BCUT2D eigenvalue weighted by Crippen LogP contribution is -2.44. The maximum atomic E-state index is 13.2. The van der Waals surface area contributed by atoms with Crippen molar-refractivity contribution < 1.29 is 9.59 Å². The van der Waals surface area contributed by atoms with Gasteiger partial charge >= 0.3 is 0 Å². The third-order valence-corrected chi connectivity index (χ3v) is 6.10. The van der Waals surface area contributed by atoms with Crippen LogP contribution in [-0.2, 0) is 16.1 Å². The third kappa shape index (κ3) is 5.32. The van der Waals surface area contributed by atoms with Crippen LogP contribution in [-0.4, -0.2) is 66.8 Å². The molecule has 2 amide bonds. The summed E-state index contributed by atoms with van der Waals surface area (Å²) >= 11 is 0. The first kappa shape index (κ1) is 19.9. The van der Waals surface area contributed by atoms with E-state index in [2.05, 4.69) is 21.9 Å². The Morgan fingerprint density at radius 1 is 1.04 bits per heavy atom. The molecule has 1 atom stereocenters. The van der Waals surface area contributed by atoms with Crippen LogP contribution in [0, 0.1) is 11.8 Å². The predicted molar refractivity (Wildman–Crippen MR) is 107 cm³/mol. The Kier molecular flexibility index (Phi) is 6.89. The second kappa shape index (κ2) is 9.36. The molecular weight excluding hydrogens is 338 g/mol. The lowest BCUT2D eigenvalue weighted by Gasteiger charge is -2.36. The van der Waals surface area contributed by atoms with Crippen molar-refractivity contribution in [1.29, 1.82) is 0 Å². The van der Waals surface area contributed by atoms with Crippen molar-refractivity contribution in [2.45, 2.75) is 38.6 Å².